The Morgan fingerprint density at radius 3 is 2.74 bits per heavy atom. The van der Waals surface area contributed by atoms with Crippen molar-refractivity contribution in [3.05, 3.63) is 28.2 Å². The van der Waals surface area contributed by atoms with Gasteiger partial charge in [-0.15, -0.1) is 0 Å². The maximum Gasteiger partial charge on any atom is 0.133 e. The number of hydrogen-bond donors (Lipinski definition) is 1. The molecule has 0 bridgehead atoms. The molecule has 0 radical (unpaired) electrons. The Balaban J connectivity index is 1.56. The first-order valence-electron chi connectivity index (χ1n) is 7.46. The molecule has 1 aromatic carbocycles. The van der Waals surface area contributed by atoms with Crippen molar-refractivity contribution in [2.24, 2.45) is 5.92 Å². The van der Waals surface area contributed by atoms with E-state index >= 15 is 0 Å². The average molecular weight is 324 g/mol. The second-order valence-corrected chi connectivity index (χ2v) is 6.72. The fourth-order valence-electron chi connectivity index (χ4n) is 2.87. The monoisotopic (exact) mass is 323 g/mol. The smallest absolute Gasteiger partial charge is 0.133 e. The second kappa shape index (κ2) is 6.27. The summed E-state index contributed by atoms with van der Waals surface area (Å²) in [5.74, 6) is 1.78. The Bertz CT molecular complexity index is 425. The highest BCUT2D eigenvalue weighted by atomic mass is 79.9. The summed E-state index contributed by atoms with van der Waals surface area (Å²) in [4.78, 5) is 0. The molecule has 0 spiro atoms. The summed E-state index contributed by atoms with van der Waals surface area (Å²) in [7, 11) is 0. The number of rotatable bonds is 5. The predicted octanol–water partition coefficient (Wildman–Crippen LogP) is 3.92. The van der Waals surface area contributed by atoms with E-state index in [1.54, 1.807) is 0 Å². The van der Waals surface area contributed by atoms with Crippen molar-refractivity contribution in [1.29, 1.82) is 0 Å². The van der Waals surface area contributed by atoms with Gasteiger partial charge in [0.1, 0.15) is 5.75 Å². The van der Waals surface area contributed by atoms with Gasteiger partial charge in [-0.05, 0) is 78.2 Å². The molecule has 2 aliphatic rings. The van der Waals surface area contributed by atoms with Crippen molar-refractivity contribution in [3.63, 3.8) is 0 Å². The van der Waals surface area contributed by atoms with Gasteiger partial charge in [0.2, 0.25) is 0 Å². The van der Waals surface area contributed by atoms with E-state index in [4.69, 9.17) is 4.74 Å². The van der Waals surface area contributed by atoms with E-state index < -0.39 is 0 Å². The predicted molar refractivity (Wildman–Crippen MR) is 81.7 cm³/mol. The first-order valence-corrected chi connectivity index (χ1v) is 8.25. The zero-order valence-electron chi connectivity index (χ0n) is 11.3. The molecule has 1 aliphatic carbocycles. The molecule has 1 aliphatic heterocycles. The van der Waals surface area contributed by atoms with Crippen LogP contribution < -0.4 is 10.1 Å². The maximum absolute atomic E-state index is 5.90. The first kappa shape index (κ1) is 13.4. The van der Waals surface area contributed by atoms with E-state index in [0.717, 1.165) is 29.2 Å². The van der Waals surface area contributed by atoms with Crippen LogP contribution in [0.2, 0.25) is 0 Å². The summed E-state index contributed by atoms with van der Waals surface area (Å²) < 4.78 is 7.00. The van der Waals surface area contributed by atoms with E-state index in [2.05, 4.69) is 39.4 Å². The molecule has 19 heavy (non-hydrogen) atoms. The zero-order chi connectivity index (χ0) is 13.1. The minimum absolute atomic E-state index is 0.661. The van der Waals surface area contributed by atoms with Crippen molar-refractivity contribution in [2.45, 2.75) is 44.6 Å². The van der Waals surface area contributed by atoms with Gasteiger partial charge in [-0.1, -0.05) is 12.5 Å². The highest BCUT2D eigenvalue weighted by Gasteiger charge is 2.19. The lowest BCUT2D eigenvalue weighted by Crippen LogP contribution is -2.23. The molecule has 2 nitrogen and oxygen atoms in total. The third-order valence-electron chi connectivity index (χ3n) is 4.34. The van der Waals surface area contributed by atoms with Crippen molar-refractivity contribution in [1.82, 2.24) is 5.32 Å². The minimum atomic E-state index is 0.661. The normalized spacial score (nSPS) is 23.3. The molecule has 1 atom stereocenters. The molecule has 3 heteroatoms. The Hall–Kier alpha value is -0.540. The van der Waals surface area contributed by atoms with Crippen LogP contribution in [0.5, 0.6) is 5.75 Å². The highest BCUT2D eigenvalue weighted by molar-refractivity contribution is 9.10. The highest BCUT2D eigenvalue weighted by Crippen LogP contribution is 2.31. The van der Waals surface area contributed by atoms with E-state index in [-0.39, 0.29) is 0 Å². The third kappa shape index (κ3) is 3.51. The van der Waals surface area contributed by atoms with Gasteiger partial charge in [-0.2, -0.15) is 0 Å². The lowest BCUT2D eigenvalue weighted by atomic mass is 9.86. The molecule has 1 unspecified atom stereocenters. The number of ether oxygens (including phenoxy) is 1. The minimum Gasteiger partial charge on any atom is -0.492 e. The van der Waals surface area contributed by atoms with Crippen LogP contribution in [0.25, 0.3) is 0 Å². The SMILES string of the molecule is Brc1cc(CC2CCCN2)ccc1OCC1CCC1. The van der Waals surface area contributed by atoms with Crippen LogP contribution >= 0.6 is 15.9 Å². The molecule has 2 fully saturated rings. The first-order chi connectivity index (χ1) is 9.31. The molecular weight excluding hydrogens is 302 g/mol. The van der Waals surface area contributed by atoms with Crippen molar-refractivity contribution in [3.8, 4) is 5.75 Å². The van der Waals surface area contributed by atoms with Gasteiger partial charge in [0.25, 0.3) is 0 Å². The van der Waals surface area contributed by atoms with Gasteiger partial charge in [0.05, 0.1) is 11.1 Å². The molecule has 0 amide bonds. The average Bonchev–Trinajstić information content (AvgIpc) is 2.82. The molecule has 104 valence electrons. The molecule has 0 aromatic heterocycles. The lowest BCUT2D eigenvalue weighted by Gasteiger charge is -2.25. The topological polar surface area (TPSA) is 21.3 Å². The summed E-state index contributed by atoms with van der Waals surface area (Å²) in [6.45, 7) is 2.05. The summed E-state index contributed by atoms with van der Waals surface area (Å²) >= 11 is 3.64. The van der Waals surface area contributed by atoms with E-state index in [1.165, 1.54) is 44.2 Å². The second-order valence-electron chi connectivity index (χ2n) is 5.87. The molecule has 1 saturated carbocycles. The summed E-state index contributed by atoms with van der Waals surface area (Å²) in [6, 6.07) is 7.21. The van der Waals surface area contributed by atoms with Gasteiger partial charge < -0.3 is 10.1 Å². The molecule has 3 rings (SSSR count). The quantitative estimate of drug-likeness (QED) is 0.886. The van der Waals surface area contributed by atoms with E-state index in [1.807, 2.05) is 0 Å². The van der Waals surface area contributed by atoms with Gasteiger partial charge in [0.15, 0.2) is 0 Å². The van der Waals surface area contributed by atoms with Gasteiger partial charge in [0, 0.05) is 6.04 Å². The van der Waals surface area contributed by atoms with Crippen LogP contribution in [0.1, 0.15) is 37.7 Å². The zero-order valence-corrected chi connectivity index (χ0v) is 12.9. The summed E-state index contributed by atoms with van der Waals surface area (Å²) in [5.41, 5.74) is 1.39. The van der Waals surface area contributed by atoms with E-state index in [9.17, 15) is 0 Å². The Morgan fingerprint density at radius 1 is 1.21 bits per heavy atom. The molecule has 1 N–H and O–H groups in total. The fourth-order valence-corrected chi connectivity index (χ4v) is 3.41. The summed E-state index contributed by atoms with van der Waals surface area (Å²) in [5, 5.41) is 3.55. The van der Waals surface area contributed by atoms with Gasteiger partial charge in [-0.3, -0.25) is 0 Å². The van der Waals surface area contributed by atoms with Crippen LogP contribution in [0.4, 0.5) is 0 Å². The number of hydrogen-bond acceptors (Lipinski definition) is 2. The molecule has 1 heterocycles. The summed E-state index contributed by atoms with van der Waals surface area (Å²) in [6.07, 6.45) is 7.79. The lowest BCUT2D eigenvalue weighted by molar-refractivity contribution is 0.180. The van der Waals surface area contributed by atoms with Gasteiger partial charge in [-0.25, -0.2) is 0 Å². The van der Waals surface area contributed by atoms with Crippen LogP contribution in [-0.4, -0.2) is 19.2 Å². The van der Waals surface area contributed by atoms with E-state index in [0.29, 0.717) is 6.04 Å². The largest absolute Gasteiger partial charge is 0.492 e. The van der Waals surface area contributed by atoms with Crippen molar-refractivity contribution in [2.75, 3.05) is 13.2 Å². The van der Waals surface area contributed by atoms with Gasteiger partial charge >= 0.3 is 0 Å². The third-order valence-corrected chi connectivity index (χ3v) is 4.96. The fraction of sp³-hybridized carbons (Fsp3) is 0.625. The van der Waals surface area contributed by atoms with Crippen molar-refractivity contribution >= 4 is 15.9 Å². The Kier molecular flexibility index (Phi) is 4.44. The van der Waals surface area contributed by atoms with Crippen LogP contribution in [0.15, 0.2) is 22.7 Å². The maximum atomic E-state index is 5.90. The van der Waals surface area contributed by atoms with Crippen molar-refractivity contribution < 1.29 is 4.74 Å². The van der Waals surface area contributed by atoms with Crippen LogP contribution in [0.3, 0.4) is 0 Å². The number of nitrogens with one attached hydrogen (secondary N) is 1. The molecule has 1 saturated heterocycles. The van der Waals surface area contributed by atoms with Crippen LogP contribution in [0, 0.1) is 5.92 Å². The molecule has 1 aromatic rings. The Morgan fingerprint density at radius 2 is 2.11 bits per heavy atom. The Labute approximate surface area is 124 Å². The standard InChI is InChI=1S/C16H22BrNO/c17-15-10-13(9-14-5-2-8-18-14)6-7-16(15)19-11-12-3-1-4-12/h6-7,10,12,14,18H,1-5,8-9,11H2. The molecular formula is C16H22BrNO. The van der Waals surface area contributed by atoms with Crippen LogP contribution in [-0.2, 0) is 6.42 Å². The number of benzene rings is 1. The number of halogens is 1.